The predicted molar refractivity (Wildman–Crippen MR) is 104 cm³/mol. The number of carbonyl (C=O) groups is 1. The third-order valence-corrected chi connectivity index (χ3v) is 5.83. The van der Waals surface area contributed by atoms with Gasteiger partial charge in [0, 0.05) is 6.20 Å². The quantitative estimate of drug-likeness (QED) is 0.809. The van der Waals surface area contributed by atoms with Gasteiger partial charge >= 0.3 is 0 Å². The van der Waals surface area contributed by atoms with Crippen LogP contribution in [0.1, 0.15) is 58.9 Å². The Labute approximate surface area is 163 Å². The molecule has 0 saturated heterocycles. The Morgan fingerprint density at radius 2 is 2.00 bits per heavy atom. The number of nitrogens with zero attached hydrogens (tertiary/aromatic N) is 1. The van der Waals surface area contributed by atoms with Gasteiger partial charge in [0.05, 0.1) is 16.7 Å². The van der Waals surface area contributed by atoms with Crippen LogP contribution < -0.4 is 5.32 Å². The molecule has 0 aliphatic heterocycles. The van der Waals surface area contributed by atoms with E-state index in [1.165, 1.54) is 6.20 Å². The van der Waals surface area contributed by atoms with E-state index < -0.39 is 23.7 Å². The SMILES string of the molecule is Cc1cccc(C(NC(=O)c2ncccc2Cl)C2(O)CCC(F)CC2)c1C. The van der Waals surface area contributed by atoms with Crippen molar-refractivity contribution in [3.8, 4) is 0 Å². The molecule has 1 aromatic heterocycles. The van der Waals surface area contributed by atoms with Gasteiger partial charge in [-0.05, 0) is 68.4 Å². The average Bonchev–Trinajstić information content (AvgIpc) is 2.65. The van der Waals surface area contributed by atoms with Crippen molar-refractivity contribution in [2.45, 2.75) is 57.3 Å². The predicted octanol–water partition coefficient (Wildman–Crippen LogP) is 4.47. The number of aromatic nitrogens is 1. The fraction of sp³-hybridized carbons (Fsp3) is 0.429. The summed E-state index contributed by atoms with van der Waals surface area (Å²) >= 11 is 6.11. The molecule has 144 valence electrons. The van der Waals surface area contributed by atoms with Gasteiger partial charge in [-0.2, -0.15) is 0 Å². The van der Waals surface area contributed by atoms with Crippen molar-refractivity contribution in [3.05, 3.63) is 63.9 Å². The number of aliphatic hydroxyl groups is 1. The Morgan fingerprint density at radius 1 is 1.30 bits per heavy atom. The van der Waals surface area contributed by atoms with Crippen LogP contribution in [0.5, 0.6) is 0 Å². The maximum Gasteiger partial charge on any atom is 0.272 e. The molecule has 27 heavy (non-hydrogen) atoms. The fourth-order valence-electron chi connectivity index (χ4n) is 3.71. The van der Waals surface area contributed by atoms with Gasteiger partial charge < -0.3 is 10.4 Å². The Morgan fingerprint density at radius 3 is 2.67 bits per heavy atom. The second-order valence-corrected chi connectivity index (χ2v) is 7.71. The largest absolute Gasteiger partial charge is 0.387 e. The van der Waals surface area contributed by atoms with Crippen LogP contribution in [0, 0.1) is 13.8 Å². The first-order valence-corrected chi connectivity index (χ1v) is 9.53. The molecule has 1 heterocycles. The van der Waals surface area contributed by atoms with Crippen molar-refractivity contribution in [1.82, 2.24) is 10.3 Å². The zero-order valence-electron chi connectivity index (χ0n) is 15.5. The molecule has 1 fully saturated rings. The van der Waals surface area contributed by atoms with Crippen molar-refractivity contribution in [2.75, 3.05) is 0 Å². The molecule has 2 aromatic rings. The number of hydrogen-bond donors (Lipinski definition) is 2. The van der Waals surface area contributed by atoms with Crippen molar-refractivity contribution in [3.63, 3.8) is 0 Å². The Balaban J connectivity index is 1.99. The summed E-state index contributed by atoms with van der Waals surface area (Å²) in [4.78, 5) is 16.9. The number of benzene rings is 1. The van der Waals surface area contributed by atoms with Crippen LogP contribution in [-0.2, 0) is 0 Å². The van der Waals surface area contributed by atoms with Crippen molar-refractivity contribution < 1.29 is 14.3 Å². The number of amides is 1. The number of pyridine rings is 1. The summed E-state index contributed by atoms with van der Waals surface area (Å²) in [7, 11) is 0. The van der Waals surface area contributed by atoms with Crippen LogP contribution in [0.2, 0.25) is 5.02 Å². The minimum atomic E-state index is -1.22. The van der Waals surface area contributed by atoms with E-state index in [0.29, 0.717) is 0 Å². The van der Waals surface area contributed by atoms with Crippen molar-refractivity contribution in [2.24, 2.45) is 0 Å². The summed E-state index contributed by atoms with van der Waals surface area (Å²) in [6, 6.07) is 8.35. The molecule has 1 amide bonds. The van der Waals surface area contributed by atoms with E-state index in [4.69, 9.17) is 11.6 Å². The zero-order chi connectivity index (χ0) is 19.6. The summed E-state index contributed by atoms with van der Waals surface area (Å²) in [5.74, 6) is -0.456. The number of nitrogens with one attached hydrogen (secondary N) is 1. The number of hydrogen-bond acceptors (Lipinski definition) is 3. The first kappa shape index (κ1) is 19.8. The van der Waals surface area contributed by atoms with Gasteiger partial charge in [-0.15, -0.1) is 0 Å². The molecule has 4 nitrogen and oxygen atoms in total. The molecular weight excluding hydrogens is 367 g/mol. The molecule has 0 bridgehead atoms. The highest BCUT2D eigenvalue weighted by Crippen LogP contribution is 2.41. The Bertz CT molecular complexity index is 835. The van der Waals surface area contributed by atoms with Gasteiger partial charge in [-0.3, -0.25) is 4.79 Å². The van der Waals surface area contributed by atoms with E-state index in [0.717, 1.165) is 16.7 Å². The minimum absolute atomic E-state index is 0.109. The van der Waals surface area contributed by atoms with Crippen LogP contribution in [0.3, 0.4) is 0 Å². The van der Waals surface area contributed by atoms with Crippen LogP contribution in [-0.4, -0.2) is 27.8 Å². The number of aryl methyl sites for hydroxylation is 1. The molecule has 0 radical (unpaired) electrons. The third kappa shape index (κ3) is 4.14. The second-order valence-electron chi connectivity index (χ2n) is 7.31. The summed E-state index contributed by atoms with van der Waals surface area (Å²) in [6.07, 6.45) is 1.70. The lowest BCUT2D eigenvalue weighted by Gasteiger charge is -2.41. The van der Waals surface area contributed by atoms with Gasteiger partial charge in [-0.25, -0.2) is 9.37 Å². The van der Waals surface area contributed by atoms with E-state index in [2.05, 4.69) is 10.3 Å². The van der Waals surface area contributed by atoms with E-state index in [9.17, 15) is 14.3 Å². The van der Waals surface area contributed by atoms with Crippen molar-refractivity contribution in [1.29, 1.82) is 0 Å². The molecule has 1 atom stereocenters. The molecule has 1 aliphatic rings. The van der Waals surface area contributed by atoms with Gasteiger partial charge in [0.2, 0.25) is 0 Å². The van der Waals surface area contributed by atoms with E-state index in [1.54, 1.807) is 12.1 Å². The third-order valence-electron chi connectivity index (χ3n) is 5.52. The summed E-state index contributed by atoms with van der Waals surface area (Å²) in [5, 5.41) is 14.5. The molecular formula is C21H24ClFN2O2. The lowest BCUT2D eigenvalue weighted by molar-refractivity contribution is -0.0447. The first-order chi connectivity index (χ1) is 12.8. The normalized spacial score (nSPS) is 23.7. The summed E-state index contributed by atoms with van der Waals surface area (Å²) in [5.41, 5.74) is 1.77. The zero-order valence-corrected chi connectivity index (χ0v) is 16.3. The number of rotatable bonds is 4. The number of halogens is 2. The minimum Gasteiger partial charge on any atom is -0.387 e. The summed E-state index contributed by atoms with van der Waals surface area (Å²) < 4.78 is 13.7. The molecule has 1 unspecified atom stereocenters. The number of carbonyl (C=O) groups excluding carboxylic acids is 1. The van der Waals surface area contributed by atoms with Gasteiger partial charge in [0.25, 0.3) is 5.91 Å². The monoisotopic (exact) mass is 390 g/mol. The first-order valence-electron chi connectivity index (χ1n) is 9.16. The average molecular weight is 391 g/mol. The molecule has 2 N–H and O–H groups in total. The molecule has 3 rings (SSSR count). The molecule has 0 spiro atoms. The van der Waals surface area contributed by atoms with E-state index in [1.807, 2.05) is 32.0 Å². The topological polar surface area (TPSA) is 62.2 Å². The van der Waals surface area contributed by atoms with E-state index in [-0.39, 0.29) is 36.4 Å². The highest BCUT2D eigenvalue weighted by molar-refractivity contribution is 6.33. The standard InChI is InChI=1S/C21H24ClFN2O2/c1-13-5-3-6-16(14(13)2)19(21(27)10-8-15(23)9-11-21)25-20(26)18-17(22)7-4-12-24-18/h3-7,12,15,19,27H,8-11H2,1-2H3,(H,25,26). The van der Waals surface area contributed by atoms with Gasteiger partial charge in [-0.1, -0.05) is 29.8 Å². The highest BCUT2D eigenvalue weighted by Gasteiger charge is 2.43. The molecule has 1 saturated carbocycles. The lowest BCUT2D eigenvalue weighted by Crippen LogP contribution is -2.49. The number of alkyl halides is 1. The summed E-state index contributed by atoms with van der Waals surface area (Å²) in [6.45, 7) is 3.94. The van der Waals surface area contributed by atoms with Crippen molar-refractivity contribution >= 4 is 17.5 Å². The molecule has 1 aliphatic carbocycles. The Hall–Kier alpha value is -1.98. The molecule has 1 aromatic carbocycles. The lowest BCUT2D eigenvalue weighted by atomic mass is 9.75. The van der Waals surface area contributed by atoms with Crippen LogP contribution in [0.25, 0.3) is 0 Å². The maximum absolute atomic E-state index is 13.7. The smallest absolute Gasteiger partial charge is 0.272 e. The van der Waals surface area contributed by atoms with Gasteiger partial charge in [0.15, 0.2) is 0 Å². The van der Waals surface area contributed by atoms with Crippen LogP contribution >= 0.6 is 11.6 Å². The van der Waals surface area contributed by atoms with E-state index >= 15 is 0 Å². The maximum atomic E-state index is 13.7. The van der Waals surface area contributed by atoms with Gasteiger partial charge in [0.1, 0.15) is 11.9 Å². The second kappa shape index (κ2) is 7.95. The van der Waals surface area contributed by atoms with Crippen LogP contribution in [0.4, 0.5) is 4.39 Å². The highest BCUT2D eigenvalue weighted by atomic mass is 35.5. The Kier molecular flexibility index (Phi) is 5.82. The fourth-order valence-corrected chi connectivity index (χ4v) is 3.92. The molecule has 6 heteroatoms. The van der Waals surface area contributed by atoms with Crippen LogP contribution in [0.15, 0.2) is 36.5 Å².